The van der Waals surface area contributed by atoms with Crippen molar-refractivity contribution in [3.63, 3.8) is 0 Å². The SMILES string of the molecule is CCCNC(=O)c1cc[n+](CCC(=O)O)nc1. The molecule has 0 spiro atoms. The number of carboxylic acid groups (broad SMARTS) is 1. The van der Waals surface area contributed by atoms with Crippen molar-refractivity contribution >= 4 is 11.9 Å². The van der Waals surface area contributed by atoms with Gasteiger partial charge < -0.3 is 10.4 Å². The highest BCUT2D eigenvalue weighted by atomic mass is 16.4. The van der Waals surface area contributed by atoms with Crippen LogP contribution in [0, 0.1) is 0 Å². The molecule has 92 valence electrons. The minimum atomic E-state index is -0.871. The van der Waals surface area contributed by atoms with Gasteiger partial charge in [-0.25, -0.2) is 0 Å². The first-order valence-electron chi connectivity index (χ1n) is 5.49. The van der Waals surface area contributed by atoms with E-state index >= 15 is 0 Å². The summed E-state index contributed by atoms with van der Waals surface area (Å²) in [6, 6.07) is 1.62. The van der Waals surface area contributed by atoms with Gasteiger partial charge in [0.25, 0.3) is 5.91 Å². The zero-order chi connectivity index (χ0) is 12.7. The highest BCUT2D eigenvalue weighted by molar-refractivity contribution is 5.93. The van der Waals surface area contributed by atoms with Crippen LogP contribution >= 0.6 is 0 Å². The summed E-state index contributed by atoms with van der Waals surface area (Å²) in [5.41, 5.74) is 0.477. The van der Waals surface area contributed by atoms with Crippen LogP contribution in [0.4, 0.5) is 0 Å². The molecular weight excluding hydrogens is 222 g/mol. The number of rotatable bonds is 6. The lowest BCUT2D eigenvalue weighted by Gasteiger charge is -2.01. The van der Waals surface area contributed by atoms with E-state index in [0.29, 0.717) is 18.7 Å². The molecule has 0 aliphatic rings. The number of nitrogens with zero attached hydrogens (tertiary/aromatic N) is 2. The van der Waals surface area contributed by atoms with Crippen molar-refractivity contribution in [3.05, 3.63) is 24.0 Å². The minimum absolute atomic E-state index is 0.0129. The van der Waals surface area contributed by atoms with Gasteiger partial charge >= 0.3 is 5.97 Å². The maximum atomic E-state index is 11.5. The lowest BCUT2D eigenvalue weighted by Crippen LogP contribution is -2.39. The Hall–Kier alpha value is -1.98. The maximum absolute atomic E-state index is 11.5. The van der Waals surface area contributed by atoms with Crippen molar-refractivity contribution < 1.29 is 19.4 Å². The van der Waals surface area contributed by atoms with Crippen molar-refractivity contribution in [2.75, 3.05) is 6.54 Å². The van der Waals surface area contributed by atoms with Gasteiger partial charge in [0.2, 0.25) is 0 Å². The van der Waals surface area contributed by atoms with Crippen LogP contribution in [-0.4, -0.2) is 28.6 Å². The first-order chi connectivity index (χ1) is 8.13. The van der Waals surface area contributed by atoms with E-state index < -0.39 is 5.97 Å². The van der Waals surface area contributed by atoms with E-state index in [0.717, 1.165) is 6.42 Å². The van der Waals surface area contributed by atoms with E-state index in [2.05, 4.69) is 10.4 Å². The molecule has 0 aliphatic carbocycles. The molecule has 0 aromatic carbocycles. The summed E-state index contributed by atoms with van der Waals surface area (Å²) < 4.78 is 1.49. The number of hydrogen-bond acceptors (Lipinski definition) is 3. The van der Waals surface area contributed by atoms with Crippen molar-refractivity contribution in [1.82, 2.24) is 10.4 Å². The molecule has 1 rings (SSSR count). The molecule has 1 aromatic rings. The summed E-state index contributed by atoms with van der Waals surface area (Å²) in [5.74, 6) is -1.03. The number of aliphatic carboxylic acids is 1. The molecule has 0 bridgehead atoms. The Labute approximate surface area is 99.3 Å². The Kier molecular flexibility index (Phi) is 5.06. The third kappa shape index (κ3) is 4.58. The first kappa shape index (κ1) is 13.1. The zero-order valence-corrected chi connectivity index (χ0v) is 9.72. The Morgan fingerprint density at radius 3 is 2.82 bits per heavy atom. The molecule has 0 fully saturated rings. The smallest absolute Gasteiger partial charge is 0.309 e. The van der Waals surface area contributed by atoms with Crippen LogP contribution < -0.4 is 10.00 Å². The zero-order valence-electron chi connectivity index (χ0n) is 9.72. The monoisotopic (exact) mass is 238 g/mol. The Morgan fingerprint density at radius 2 is 2.29 bits per heavy atom. The number of carboxylic acids is 1. The average Bonchev–Trinajstić information content (AvgIpc) is 2.34. The number of amides is 1. The summed E-state index contributed by atoms with van der Waals surface area (Å²) in [7, 11) is 0. The molecule has 1 aromatic heterocycles. The highest BCUT2D eigenvalue weighted by Gasteiger charge is 2.10. The van der Waals surface area contributed by atoms with Gasteiger partial charge in [-0.05, 0) is 11.5 Å². The molecule has 0 radical (unpaired) electrons. The largest absolute Gasteiger partial charge is 0.481 e. The number of carbonyl (C=O) groups excluding carboxylic acids is 1. The molecule has 0 saturated heterocycles. The van der Waals surface area contributed by atoms with E-state index in [9.17, 15) is 9.59 Å². The van der Waals surface area contributed by atoms with Gasteiger partial charge in [-0.3, -0.25) is 9.59 Å². The van der Waals surface area contributed by atoms with Crippen LogP contribution in [0.25, 0.3) is 0 Å². The predicted octanol–water partition coefficient (Wildman–Crippen LogP) is -0.0164. The van der Waals surface area contributed by atoms with Crippen LogP contribution in [0.1, 0.15) is 30.1 Å². The lowest BCUT2D eigenvalue weighted by molar-refractivity contribution is -0.753. The normalized spacial score (nSPS) is 9.94. The molecule has 1 amide bonds. The second kappa shape index (κ2) is 6.57. The fourth-order valence-corrected chi connectivity index (χ4v) is 1.20. The number of carbonyl (C=O) groups is 2. The van der Waals surface area contributed by atoms with Crippen LogP contribution in [0.2, 0.25) is 0 Å². The van der Waals surface area contributed by atoms with E-state index in [1.54, 1.807) is 12.3 Å². The van der Waals surface area contributed by atoms with Crippen molar-refractivity contribution in [2.45, 2.75) is 26.3 Å². The Balaban J connectivity index is 2.55. The van der Waals surface area contributed by atoms with Crippen LogP contribution in [0.5, 0.6) is 0 Å². The molecule has 6 heteroatoms. The Morgan fingerprint density at radius 1 is 1.53 bits per heavy atom. The standard InChI is InChI=1S/C11H15N3O3/c1-2-5-12-11(17)9-3-6-14(13-8-9)7-4-10(15)16/h3,6,8H,2,4-5,7H2,1H3,(H-,12,15,16,17)/p+1. The Bertz CT molecular complexity index is 389. The summed E-state index contributed by atoms with van der Waals surface area (Å²) >= 11 is 0. The first-order valence-corrected chi connectivity index (χ1v) is 5.49. The van der Waals surface area contributed by atoms with Gasteiger partial charge in [-0.15, -0.1) is 0 Å². The van der Waals surface area contributed by atoms with Crippen LogP contribution in [-0.2, 0) is 11.3 Å². The molecule has 6 nitrogen and oxygen atoms in total. The lowest BCUT2D eigenvalue weighted by atomic mass is 10.3. The topological polar surface area (TPSA) is 83.2 Å². The second-order valence-corrected chi connectivity index (χ2v) is 3.58. The molecule has 0 aliphatic heterocycles. The van der Waals surface area contributed by atoms with Gasteiger partial charge in [-0.2, -0.15) is 0 Å². The molecule has 1 heterocycles. The summed E-state index contributed by atoms with van der Waals surface area (Å²) in [5, 5.41) is 15.2. The van der Waals surface area contributed by atoms with Gasteiger partial charge in [0.05, 0.1) is 5.56 Å². The van der Waals surface area contributed by atoms with E-state index in [1.165, 1.54) is 10.9 Å². The maximum Gasteiger partial charge on any atom is 0.309 e. The molecule has 0 saturated carbocycles. The third-order valence-electron chi connectivity index (χ3n) is 2.12. The molecular formula is C11H16N3O3+. The van der Waals surface area contributed by atoms with E-state index in [-0.39, 0.29) is 12.3 Å². The second-order valence-electron chi connectivity index (χ2n) is 3.58. The fraction of sp³-hybridized carbons (Fsp3) is 0.455. The van der Waals surface area contributed by atoms with Gasteiger partial charge in [0, 0.05) is 12.6 Å². The molecule has 0 unspecified atom stereocenters. The molecule has 0 atom stereocenters. The summed E-state index contributed by atoms with van der Waals surface area (Å²) in [6.07, 6.45) is 3.93. The third-order valence-corrected chi connectivity index (χ3v) is 2.12. The minimum Gasteiger partial charge on any atom is -0.481 e. The number of hydrogen-bond donors (Lipinski definition) is 2. The fourth-order valence-electron chi connectivity index (χ4n) is 1.20. The van der Waals surface area contributed by atoms with Gasteiger partial charge in [0.15, 0.2) is 12.7 Å². The number of aryl methyl sites for hydroxylation is 1. The van der Waals surface area contributed by atoms with Gasteiger partial charge in [0.1, 0.15) is 12.6 Å². The number of aromatic nitrogens is 2. The summed E-state index contributed by atoms with van der Waals surface area (Å²) in [6.45, 7) is 2.91. The highest BCUT2D eigenvalue weighted by Crippen LogP contribution is 1.93. The molecule has 2 N–H and O–H groups in total. The van der Waals surface area contributed by atoms with Crippen molar-refractivity contribution in [3.8, 4) is 0 Å². The van der Waals surface area contributed by atoms with Crippen molar-refractivity contribution in [1.29, 1.82) is 0 Å². The predicted molar refractivity (Wildman–Crippen MR) is 59.3 cm³/mol. The van der Waals surface area contributed by atoms with Gasteiger partial charge in [-0.1, -0.05) is 11.6 Å². The van der Waals surface area contributed by atoms with E-state index in [1.807, 2.05) is 6.92 Å². The average molecular weight is 238 g/mol. The number of nitrogens with one attached hydrogen (secondary N) is 1. The van der Waals surface area contributed by atoms with E-state index in [4.69, 9.17) is 5.11 Å². The van der Waals surface area contributed by atoms with Crippen LogP contribution in [0.3, 0.4) is 0 Å². The molecule has 17 heavy (non-hydrogen) atoms. The van der Waals surface area contributed by atoms with Crippen molar-refractivity contribution in [2.24, 2.45) is 0 Å². The van der Waals surface area contributed by atoms with Crippen LogP contribution in [0.15, 0.2) is 18.5 Å². The summed E-state index contributed by atoms with van der Waals surface area (Å²) in [4.78, 5) is 21.9. The quantitative estimate of drug-likeness (QED) is 0.682.